The fraction of sp³-hybridized carbons (Fsp3) is 0.294. The summed E-state index contributed by atoms with van der Waals surface area (Å²) >= 11 is 19.5. The number of hydrogen-bond acceptors (Lipinski definition) is 5. The van der Waals surface area contributed by atoms with Gasteiger partial charge in [0.15, 0.2) is 0 Å². The van der Waals surface area contributed by atoms with Gasteiger partial charge in [-0.2, -0.15) is 0 Å². The Morgan fingerprint density at radius 2 is 1.23 bits per heavy atom. The number of allylic oxidation sites excluding steroid dienone is 2. The molecule has 1 saturated carbocycles. The molecule has 3 aromatic rings. The van der Waals surface area contributed by atoms with E-state index in [0.717, 1.165) is 16.7 Å². The third-order valence-corrected chi connectivity index (χ3v) is 10.9. The Morgan fingerprint density at radius 3 is 1.80 bits per heavy atom. The summed E-state index contributed by atoms with van der Waals surface area (Å²) in [6, 6.07) is 14.7. The molecule has 0 spiro atoms. The second kappa shape index (κ2) is 10.5. The third kappa shape index (κ3) is 4.24. The van der Waals surface area contributed by atoms with Crippen molar-refractivity contribution in [1.29, 1.82) is 0 Å². The van der Waals surface area contributed by atoms with Crippen molar-refractivity contribution < 1.29 is 24.3 Å². The lowest BCUT2D eigenvalue weighted by Gasteiger charge is -2.44. The molecular weight excluding hydrogens is 623 g/mol. The number of hydrogen-bond donors (Lipinski definition) is 1. The number of fused-ring (bicyclic) bond motifs is 4. The number of halogens is 3. The van der Waals surface area contributed by atoms with E-state index in [1.54, 1.807) is 42.5 Å². The fourth-order valence-electron chi connectivity index (χ4n) is 7.66. The van der Waals surface area contributed by atoms with Crippen molar-refractivity contribution in [3.63, 3.8) is 0 Å². The highest BCUT2D eigenvalue weighted by molar-refractivity contribution is 6.33. The minimum atomic E-state index is -0.789. The van der Waals surface area contributed by atoms with E-state index in [-0.39, 0.29) is 40.8 Å². The van der Waals surface area contributed by atoms with Gasteiger partial charge in [0.05, 0.1) is 35.0 Å². The Bertz CT molecular complexity index is 1840. The van der Waals surface area contributed by atoms with Crippen LogP contribution in [0.4, 0.5) is 11.4 Å². The molecule has 0 unspecified atom stereocenters. The van der Waals surface area contributed by atoms with Gasteiger partial charge < -0.3 is 5.11 Å². The molecule has 4 amide bonds. The predicted molar refractivity (Wildman–Crippen MR) is 168 cm³/mol. The average Bonchev–Trinajstić information content (AvgIpc) is 3.39. The van der Waals surface area contributed by atoms with Crippen LogP contribution in [-0.2, 0) is 19.2 Å². The van der Waals surface area contributed by atoms with E-state index in [1.807, 2.05) is 19.9 Å². The first-order valence-electron chi connectivity index (χ1n) is 14.4. The van der Waals surface area contributed by atoms with Crippen molar-refractivity contribution in [2.45, 2.75) is 32.6 Å². The summed E-state index contributed by atoms with van der Waals surface area (Å²) in [6.07, 6.45) is 2.49. The van der Waals surface area contributed by atoms with Gasteiger partial charge in [0, 0.05) is 21.0 Å². The average molecular weight is 650 g/mol. The van der Waals surface area contributed by atoms with Crippen molar-refractivity contribution in [1.82, 2.24) is 0 Å². The molecule has 2 aliphatic carbocycles. The molecule has 7 nitrogen and oxygen atoms in total. The fourth-order valence-corrected chi connectivity index (χ4v) is 8.30. The monoisotopic (exact) mass is 648 g/mol. The molecule has 1 N–H and O–H groups in total. The van der Waals surface area contributed by atoms with Gasteiger partial charge in [0.25, 0.3) is 0 Å². The number of aryl methyl sites for hydroxylation is 2. The summed E-state index contributed by atoms with van der Waals surface area (Å²) < 4.78 is 0. The van der Waals surface area contributed by atoms with E-state index in [9.17, 15) is 24.3 Å². The summed E-state index contributed by atoms with van der Waals surface area (Å²) in [7, 11) is 0. The molecule has 2 saturated heterocycles. The predicted octanol–water partition coefficient (Wildman–Crippen LogP) is 7.01. The third-order valence-electron chi connectivity index (χ3n) is 9.79. The number of carbonyl (C=O) groups excluding carboxylic acids is 4. The second-order valence-corrected chi connectivity index (χ2v) is 13.3. The Hall–Kier alpha value is -3.65. The highest BCUT2D eigenvalue weighted by Gasteiger charge is 2.62. The van der Waals surface area contributed by atoms with E-state index in [4.69, 9.17) is 34.8 Å². The van der Waals surface area contributed by atoms with Crippen LogP contribution in [0.15, 0.2) is 66.2 Å². The molecule has 7 rings (SSSR count). The summed E-state index contributed by atoms with van der Waals surface area (Å²) in [5, 5.41) is 11.2. The highest BCUT2D eigenvalue weighted by atomic mass is 35.5. The lowest BCUT2D eigenvalue weighted by molar-refractivity contribution is -0.126. The molecule has 3 aromatic carbocycles. The zero-order valence-corrected chi connectivity index (χ0v) is 26.0. The van der Waals surface area contributed by atoms with Crippen LogP contribution in [0.1, 0.15) is 35.4 Å². The lowest BCUT2D eigenvalue weighted by Crippen LogP contribution is -2.43. The Kier molecular flexibility index (Phi) is 6.92. The van der Waals surface area contributed by atoms with E-state index < -0.39 is 35.5 Å². The zero-order chi connectivity index (χ0) is 31.2. The number of carbonyl (C=O) groups is 4. The van der Waals surface area contributed by atoms with Crippen LogP contribution in [0.25, 0.3) is 0 Å². The van der Waals surface area contributed by atoms with Crippen LogP contribution in [0.2, 0.25) is 15.1 Å². The number of aromatic hydroxyl groups is 1. The zero-order valence-electron chi connectivity index (χ0n) is 23.8. The summed E-state index contributed by atoms with van der Waals surface area (Å²) in [4.78, 5) is 58.7. The van der Waals surface area contributed by atoms with Crippen molar-refractivity contribution in [3.05, 3.63) is 98.0 Å². The van der Waals surface area contributed by atoms with Crippen molar-refractivity contribution in [3.8, 4) is 5.75 Å². The summed E-state index contributed by atoms with van der Waals surface area (Å²) in [5.41, 5.74) is 3.82. The van der Waals surface area contributed by atoms with Gasteiger partial charge in [0.2, 0.25) is 23.6 Å². The molecule has 2 heterocycles. The van der Waals surface area contributed by atoms with Gasteiger partial charge in [-0.25, -0.2) is 9.80 Å². The van der Waals surface area contributed by atoms with Crippen molar-refractivity contribution >= 4 is 69.8 Å². The first-order chi connectivity index (χ1) is 21.0. The first kappa shape index (κ1) is 29.1. The number of nitrogens with zero attached hydrogens (tertiary/aromatic N) is 2. The molecule has 0 radical (unpaired) electrons. The van der Waals surface area contributed by atoms with E-state index in [1.165, 1.54) is 21.9 Å². The largest absolute Gasteiger partial charge is 0.508 e. The molecular formula is C34H27Cl3N2O5. The number of benzene rings is 3. The number of rotatable bonds is 3. The van der Waals surface area contributed by atoms with Gasteiger partial charge in [-0.15, -0.1) is 0 Å². The van der Waals surface area contributed by atoms with E-state index >= 15 is 0 Å². The first-order valence-corrected chi connectivity index (χ1v) is 15.6. The number of imide groups is 2. The normalized spacial score (nSPS) is 27.8. The molecule has 4 aliphatic rings. The Labute approximate surface area is 269 Å². The van der Waals surface area contributed by atoms with Gasteiger partial charge in [-0.1, -0.05) is 64.7 Å². The van der Waals surface area contributed by atoms with E-state index in [0.29, 0.717) is 33.4 Å². The molecule has 2 aliphatic heterocycles. The number of anilines is 2. The quantitative estimate of drug-likeness (QED) is 0.243. The van der Waals surface area contributed by atoms with Crippen molar-refractivity contribution in [2.24, 2.45) is 29.6 Å². The maximum atomic E-state index is 14.2. The van der Waals surface area contributed by atoms with Gasteiger partial charge >= 0.3 is 0 Å². The molecule has 0 bridgehead atoms. The van der Waals surface area contributed by atoms with E-state index in [2.05, 4.69) is 0 Å². The molecule has 10 heteroatoms. The Balaban J connectivity index is 1.34. The standard InChI is InChI=1S/C34H27Cl3N2O5/c1-15-3-5-17(11-25(15)35)38-31(41)22-10-9-20-23(29(22)33(38)43)14-24-30(28(20)21-8-7-19(40)13-27(21)37)34(44)39(32(24)42)18-6-4-16(2)26(36)12-18/h3-9,11-13,22-24,28-30,40H,10,14H2,1-2H3/t22-,23+,24+,28+,29-,30+/m0/s1. The number of amides is 4. The Morgan fingerprint density at radius 1 is 0.659 bits per heavy atom. The molecule has 6 atom stereocenters. The smallest absolute Gasteiger partial charge is 0.238 e. The maximum Gasteiger partial charge on any atom is 0.238 e. The van der Waals surface area contributed by atoms with Crippen LogP contribution in [0, 0.1) is 43.4 Å². The van der Waals surface area contributed by atoms with Gasteiger partial charge in [-0.05, 0) is 85.7 Å². The highest BCUT2D eigenvalue weighted by Crippen LogP contribution is 2.59. The van der Waals surface area contributed by atoms with Gasteiger partial charge in [-0.3, -0.25) is 19.2 Å². The maximum absolute atomic E-state index is 14.2. The van der Waals surface area contributed by atoms with Crippen molar-refractivity contribution in [2.75, 3.05) is 9.80 Å². The summed E-state index contributed by atoms with van der Waals surface area (Å²) in [5.74, 6) is -5.42. The molecule has 0 aromatic heterocycles. The number of phenols is 1. The SMILES string of the molecule is Cc1ccc(N2C(=O)[C@H]3[C@H](CC=C4[C@H]3C[C@H]3C(=O)N(c5ccc(C)c(Cl)c5)C(=O)[C@H]3[C@H]4c3ccc(O)cc3Cl)C2=O)cc1Cl. The minimum Gasteiger partial charge on any atom is -0.508 e. The lowest BCUT2D eigenvalue weighted by atomic mass is 9.57. The summed E-state index contributed by atoms with van der Waals surface area (Å²) in [6.45, 7) is 3.68. The second-order valence-electron chi connectivity index (χ2n) is 12.1. The molecule has 224 valence electrons. The van der Waals surface area contributed by atoms with Crippen LogP contribution >= 0.6 is 34.8 Å². The minimum absolute atomic E-state index is 0.0333. The van der Waals surface area contributed by atoms with Gasteiger partial charge in [0.1, 0.15) is 5.75 Å². The molecule has 3 fully saturated rings. The van der Waals surface area contributed by atoms with Crippen LogP contribution in [0.3, 0.4) is 0 Å². The van der Waals surface area contributed by atoms with Crippen LogP contribution < -0.4 is 9.80 Å². The molecule has 44 heavy (non-hydrogen) atoms. The van der Waals surface area contributed by atoms with Crippen LogP contribution in [-0.4, -0.2) is 28.7 Å². The van der Waals surface area contributed by atoms with Crippen LogP contribution in [0.5, 0.6) is 5.75 Å². The topological polar surface area (TPSA) is 95.0 Å². The number of phenolic OH excluding ortho intramolecular Hbond substituents is 1.